The Morgan fingerprint density at radius 3 is 2.84 bits per heavy atom. The van der Waals surface area contributed by atoms with Crippen molar-refractivity contribution in [3.8, 4) is 0 Å². The second-order valence-electron chi connectivity index (χ2n) is 9.93. The van der Waals surface area contributed by atoms with E-state index in [0.29, 0.717) is 30.5 Å². The van der Waals surface area contributed by atoms with Crippen molar-refractivity contribution in [2.45, 2.75) is 39.6 Å². The smallest absolute Gasteiger partial charge is 0.326 e. The van der Waals surface area contributed by atoms with Crippen LogP contribution in [0.25, 0.3) is 17.0 Å². The fourth-order valence-electron chi connectivity index (χ4n) is 5.33. The summed E-state index contributed by atoms with van der Waals surface area (Å²) in [6, 6.07) is 13.0. The van der Waals surface area contributed by atoms with Crippen molar-refractivity contribution in [1.82, 2.24) is 19.8 Å². The summed E-state index contributed by atoms with van der Waals surface area (Å²) in [7, 11) is 0. The van der Waals surface area contributed by atoms with Crippen LogP contribution in [0.1, 0.15) is 39.1 Å². The Hall–Kier alpha value is -3.52. The van der Waals surface area contributed by atoms with Crippen LogP contribution in [0.2, 0.25) is 5.15 Å². The van der Waals surface area contributed by atoms with E-state index in [-0.39, 0.29) is 11.8 Å². The van der Waals surface area contributed by atoms with Crippen LogP contribution in [-0.2, 0) is 37.5 Å². The Morgan fingerprint density at radius 2 is 2.03 bits per heavy atom. The third kappa shape index (κ3) is 4.85. The van der Waals surface area contributed by atoms with Gasteiger partial charge in [-0.05, 0) is 70.6 Å². The minimum Gasteiger partial charge on any atom is -0.372 e. The molecule has 4 aromatic rings. The Labute approximate surface area is 225 Å². The molecule has 0 spiro atoms. The summed E-state index contributed by atoms with van der Waals surface area (Å²) < 4.78 is 21.4. The Kier molecular flexibility index (Phi) is 6.74. The minimum absolute atomic E-state index is 0.155. The number of aromatic nitrogens is 2. The van der Waals surface area contributed by atoms with E-state index in [1.54, 1.807) is 31.3 Å². The molecular formula is C30H28ClFN4O2. The first-order chi connectivity index (χ1) is 18.5. The highest BCUT2D eigenvalue weighted by Gasteiger charge is 2.28. The number of halogens is 2. The highest BCUT2D eigenvalue weighted by atomic mass is 35.5. The molecule has 6 nitrogen and oxygen atoms in total. The van der Waals surface area contributed by atoms with Crippen molar-refractivity contribution >= 4 is 34.6 Å². The van der Waals surface area contributed by atoms with Gasteiger partial charge in [0.05, 0.1) is 18.7 Å². The quantitative estimate of drug-likeness (QED) is 0.322. The number of nitrogens with one attached hydrogen (secondary N) is 1. The highest BCUT2D eigenvalue weighted by Crippen LogP contribution is 2.35. The second kappa shape index (κ2) is 10.3. The summed E-state index contributed by atoms with van der Waals surface area (Å²) in [5, 5.41) is 4.56. The van der Waals surface area contributed by atoms with Crippen molar-refractivity contribution in [1.29, 1.82) is 0 Å². The molecule has 0 aliphatic carbocycles. The van der Waals surface area contributed by atoms with Crippen LogP contribution in [0.4, 0.5) is 9.18 Å². The number of amides is 1. The molecule has 2 aliphatic rings. The van der Waals surface area contributed by atoms with Gasteiger partial charge in [-0.2, -0.15) is 0 Å². The lowest BCUT2D eigenvalue weighted by Gasteiger charge is -2.27. The SMILES string of the molecule is Cc1ccc(/C=C/CN2CCc3c(c4cc5c(cc4n3C(=O)NCc3ccnc(Cl)c3)COC5)C2)cc1F. The number of fused-ring (bicyclic) bond motifs is 4. The van der Waals surface area contributed by atoms with E-state index in [2.05, 4.69) is 33.4 Å². The van der Waals surface area contributed by atoms with Crippen LogP contribution < -0.4 is 5.32 Å². The van der Waals surface area contributed by atoms with Crippen molar-refractivity contribution in [3.63, 3.8) is 0 Å². The molecule has 0 unspecified atom stereocenters. The van der Waals surface area contributed by atoms with Crippen molar-refractivity contribution in [3.05, 3.63) is 105 Å². The zero-order chi connectivity index (χ0) is 26.2. The highest BCUT2D eigenvalue weighted by molar-refractivity contribution is 6.29. The van der Waals surface area contributed by atoms with Gasteiger partial charge in [-0.25, -0.2) is 14.2 Å². The van der Waals surface area contributed by atoms with Gasteiger partial charge in [0.15, 0.2) is 0 Å². The molecule has 38 heavy (non-hydrogen) atoms. The van der Waals surface area contributed by atoms with Crippen LogP contribution in [0.5, 0.6) is 0 Å². The molecule has 1 N–H and O–H groups in total. The lowest BCUT2D eigenvalue weighted by molar-refractivity contribution is 0.134. The first-order valence-electron chi connectivity index (χ1n) is 12.8. The summed E-state index contributed by atoms with van der Waals surface area (Å²) in [6.07, 6.45) is 6.43. The molecule has 0 radical (unpaired) electrons. The normalized spacial score (nSPS) is 15.2. The molecule has 2 aliphatic heterocycles. The summed E-state index contributed by atoms with van der Waals surface area (Å²) in [6.45, 7) is 5.59. The number of nitrogens with zero attached hydrogens (tertiary/aromatic N) is 3. The molecule has 1 amide bonds. The topological polar surface area (TPSA) is 59.4 Å². The molecule has 0 saturated carbocycles. The predicted octanol–water partition coefficient (Wildman–Crippen LogP) is 6.00. The van der Waals surface area contributed by atoms with Crippen molar-refractivity contribution in [2.24, 2.45) is 0 Å². The Morgan fingerprint density at radius 1 is 1.18 bits per heavy atom. The molecule has 6 rings (SSSR count). The van der Waals surface area contributed by atoms with Gasteiger partial charge in [0, 0.05) is 49.9 Å². The number of aryl methyl sites for hydroxylation is 1. The minimum atomic E-state index is -0.190. The van der Waals surface area contributed by atoms with Gasteiger partial charge < -0.3 is 10.1 Å². The summed E-state index contributed by atoms with van der Waals surface area (Å²) in [5.41, 5.74) is 7.85. The lowest BCUT2D eigenvalue weighted by atomic mass is 10.0. The van der Waals surface area contributed by atoms with Gasteiger partial charge in [-0.15, -0.1) is 0 Å². The predicted molar refractivity (Wildman–Crippen MR) is 146 cm³/mol. The monoisotopic (exact) mass is 530 g/mol. The lowest BCUT2D eigenvalue weighted by Crippen LogP contribution is -2.34. The van der Waals surface area contributed by atoms with Gasteiger partial charge in [0.25, 0.3) is 0 Å². The van der Waals surface area contributed by atoms with E-state index in [4.69, 9.17) is 16.3 Å². The largest absolute Gasteiger partial charge is 0.372 e. The van der Waals surface area contributed by atoms with Crippen LogP contribution in [-0.4, -0.2) is 33.6 Å². The van der Waals surface area contributed by atoms with Crippen molar-refractivity contribution < 1.29 is 13.9 Å². The maximum Gasteiger partial charge on any atom is 0.326 e. The maximum absolute atomic E-state index is 13.9. The van der Waals surface area contributed by atoms with Gasteiger partial charge in [0.2, 0.25) is 0 Å². The zero-order valence-corrected chi connectivity index (χ0v) is 21.9. The van der Waals surface area contributed by atoms with Gasteiger partial charge in [0.1, 0.15) is 11.0 Å². The fraction of sp³-hybridized carbons (Fsp3) is 0.267. The first-order valence-corrected chi connectivity index (χ1v) is 13.1. The number of benzene rings is 2. The molecule has 0 bridgehead atoms. The number of carbonyl (C=O) groups excluding carboxylic acids is 1. The van der Waals surface area contributed by atoms with E-state index in [1.165, 1.54) is 11.1 Å². The number of rotatable bonds is 5. The molecule has 2 aromatic carbocycles. The van der Waals surface area contributed by atoms with Crippen LogP contribution >= 0.6 is 11.6 Å². The summed E-state index contributed by atoms with van der Waals surface area (Å²) in [4.78, 5) is 19.9. The van der Waals surface area contributed by atoms with Crippen LogP contribution in [0.3, 0.4) is 0 Å². The molecule has 8 heteroatoms. The van der Waals surface area contributed by atoms with E-state index in [9.17, 15) is 9.18 Å². The molecular weight excluding hydrogens is 503 g/mol. The standard InChI is InChI=1S/C30H28ClFN4O2/c1-19-4-5-20(11-26(19)32)3-2-9-35-10-7-27-25(16-35)24-13-22-17-38-18-23(22)14-28(24)36(27)30(37)34-15-21-6-8-33-29(31)12-21/h2-6,8,11-14H,7,9-10,15-18H2,1H3,(H,34,37)/b3-2+. The fourth-order valence-corrected chi connectivity index (χ4v) is 5.53. The van der Waals surface area contributed by atoms with E-state index in [1.807, 2.05) is 22.8 Å². The molecule has 0 fully saturated rings. The van der Waals surface area contributed by atoms with E-state index < -0.39 is 0 Å². The number of pyridine rings is 1. The number of hydrogen-bond donors (Lipinski definition) is 1. The summed E-state index contributed by atoms with van der Waals surface area (Å²) in [5.74, 6) is -0.190. The molecule has 4 heterocycles. The number of ether oxygens (including phenoxy) is 1. The zero-order valence-electron chi connectivity index (χ0n) is 21.1. The van der Waals surface area contributed by atoms with Gasteiger partial charge in [-0.1, -0.05) is 35.9 Å². The number of carbonyl (C=O) groups is 1. The third-order valence-corrected chi connectivity index (χ3v) is 7.58. The Bertz CT molecular complexity index is 1580. The van der Waals surface area contributed by atoms with Crippen molar-refractivity contribution in [2.75, 3.05) is 13.1 Å². The van der Waals surface area contributed by atoms with E-state index >= 15 is 0 Å². The third-order valence-electron chi connectivity index (χ3n) is 7.37. The van der Waals surface area contributed by atoms with Gasteiger partial charge >= 0.3 is 6.03 Å². The van der Waals surface area contributed by atoms with Crippen LogP contribution in [0, 0.1) is 12.7 Å². The second-order valence-corrected chi connectivity index (χ2v) is 10.3. The first kappa shape index (κ1) is 24.8. The molecule has 0 atom stereocenters. The molecule has 2 aromatic heterocycles. The summed E-state index contributed by atoms with van der Waals surface area (Å²) >= 11 is 6.02. The maximum atomic E-state index is 13.9. The molecule has 194 valence electrons. The van der Waals surface area contributed by atoms with Crippen LogP contribution in [0.15, 0.2) is 54.7 Å². The molecule has 0 saturated heterocycles. The van der Waals surface area contributed by atoms with E-state index in [0.717, 1.165) is 59.3 Å². The average molecular weight is 531 g/mol. The van der Waals surface area contributed by atoms with Gasteiger partial charge in [-0.3, -0.25) is 9.47 Å². The number of hydrogen-bond acceptors (Lipinski definition) is 4. The Balaban J connectivity index is 1.27. The average Bonchev–Trinajstić information content (AvgIpc) is 3.49.